The van der Waals surface area contributed by atoms with Crippen molar-refractivity contribution >= 4 is 35.7 Å². The number of alkyl carbamates (subject to hydrolysis) is 1. The lowest BCUT2D eigenvalue weighted by molar-refractivity contribution is -0.138. The zero-order chi connectivity index (χ0) is 25.3. The van der Waals surface area contributed by atoms with Crippen LogP contribution in [0.25, 0.3) is 0 Å². The number of nitrogens with one attached hydrogen (secondary N) is 2. The maximum Gasteiger partial charge on any atom is 0.413 e. The number of hydrogen-bond acceptors (Lipinski definition) is 10. The molecule has 0 fully saturated rings. The maximum absolute atomic E-state index is 12.8. The minimum atomic E-state index is -0.858. The SMILES string of the molecule is CCOC(=O)NC(=O)CSC1=C(C#N)C(c2ccc(C(=O)OC)cc2)C(C(=O)OCC)=C(C)N1. The Bertz CT molecular complexity index is 1070. The lowest BCUT2D eigenvalue weighted by atomic mass is 9.82. The predicted molar refractivity (Wildman–Crippen MR) is 123 cm³/mol. The van der Waals surface area contributed by atoms with E-state index in [0.717, 1.165) is 11.8 Å². The summed E-state index contributed by atoms with van der Waals surface area (Å²) in [5, 5.41) is 15.4. The highest BCUT2D eigenvalue weighted by molar-refractivity contribution is 8.03. The molecule has 0 bridgehead atoms. The molecule has 10 nitrogen and oxygen atoms in total. The fourth-order valence-corrected chi connectivity index (χ4v) is 4.12. The highest BCUT2D eigenvalue weighted by atomic mass is 32.2. The Hall–Kier alpha value is -3.78. The first kappa shape index (κ1) is 26.5. The number of nitriles is 1. The van der Waals surface area contributed by atoms with E-state index in [1.54, 1.807) is 32.9 Å². The molecule has 1 aliphatic heterocycles. The molecular weight excluding hydrogens is 462 g/mol. The molecule has 1 aromatic carbocycles. The van der Waals surface area contributed by atoms with Crippen LogP contribution >= 0.6 is 11.8 Å². The molecule has 0 aromatic heterocycles. The number of ether oxygens (including phenoxy) is 3. The van der Waals surface area contributed by atoms with Crippen LogP contribution in [0.3, 0.4) is 0 Å². The van der Waals surface area contributed by atoms with Gasteiger partial charge in [0.1, 0.15) is 0 Å². The number of allylic oxidation sites excluding steroid dienone is 2. The maximum atomic E-state index is 12.8. The molecule has 0 aliphatic carbocycles. The van der Waals surface area contributed by atoms with Crippen LogP contribution in [0.2, 0.25) is 0 Å². The molecule has 1 aromatic rings. The van der Waals surface area contributed by atoms with E-state index in [9.17, 15) is 24.4 Å². The van der Waals surface area contributed by atoms with E-state index >= 15 is 0 Å². The first-order chi connectivity index (χ1) is 16.3. The van der Waals surface area contributed by atoms with Crippen LogP contribution in [0.5, 0.6) is 0 Å². The Morgan fingerprint density at radius 3 is 2.29 bits per heavy atom. The van der Waals surface area contributed by atoms with Crippen LogP contribution in [0.15, 0.2) is 46.1 Å². The van der Waals surface area contributed by atoms with Crippen LogP contribution in [-0.4, -0.2) is 50.0 Å². The minimum absolute atomic E-state index is 0.120. The normalized spacial score (nSPS) is 15.1. The Balaban J connectivity index is 2.43. The lowest BCUT2D eigenvalue weighted by Crippen LogP contribution is -2.33. The van der Waals surface area contributed by atoms with E-state index in [-0.39, 0.29) is 30.1 Å². The van der Waals surface area contributed by atoms with Crippen molar-refractivity contribution in [2.24, 2.45) is 0 Å². The fraction of sp³-hybridized carbons (Fsp3) is 0.348. The van der Waals surface area contributed by atoms with E-state index in [1.807, 2.05) is 0 Å². The number of dihydropyridines is 1. The number of imide groups is 1. The molecule has 180 valence electrons. The molecule has 0 spiro atoms. The highest BCUT2D eigenvalue weighted by Crippen LogP contribution is 2.41. The van der Waals surface area contributed by atoms with Crippen LogP contribution in [0.1, 0.15) is 42.6 Å². The summed E-state index contributed by atoms with van der Waals surface area (Å²) in [4.78, 5) is 48.1. The van der Waals surface area contributed by atoms with Crippen LogP contribution < -0.4 is 10.6 Å². The van der Waals surface area contributed by atoms with Gasteiger partial charge in [0, 0.05) is 5.70 Å². The second-order valence-electron chi connectivity index (χ2n) is 6.84. The van der Waals surface area contributed by atoms with Gasteiger partial charge in [-0.15, -0.1) is 0 Å². The summed E-state index contributed by atoms with van der Waals surface area (Å²) in [7, 11) is 1.27. The average Bonchev–Trinajstić information content (AvgIpc) is 2.82. The van der Waals surface area contributed by atoms with Gasteiger partial charge in [-0.1, -0.05) is 23.9 Å². The fourth-order valence-electron chi connectivity index (χ4n) is 3.22. The van der Waals surface area contributed by atoms with Crippen molar-refractivity contribution in [2.45, 2.75) is 26.7 Å². The van der Waals surface area contributed by atoms with Gasteiger partial charge in [0.2, 0.25) is 5.91 Å². The van der Waals surface area contributed by atoms with Gasteiger partial charge in [-0.25, -0.2) is 14.4 Å². The monoisotopic (exact) mass is 487 g/mol. The number of benzene rings is 1. The molecule has 0 saturated heterocycles. The number of esters is 2. The van der Waals surface area contributed by atoms with Crippen LogP contribution in [0.4, 0.5) is 4.79 Å². The van der Waals surface area contributed by atoms with E-state index in [2.05, 4.69) is 21.4 Å². The highest BCUT2D eigenvalue weighted by Gasteiger charge is 2.35. The van der Waals surface area contributed by atoms with Gasteiger partial charge in [0.15, 0.2) is 0 Å². The summed E-state index contributed by atoms with van der Waals surface area (Å²) in [6.45, 7) is 5.21. The molecule has 34 heavy (non-hydrogen) atoms. The number of methoxy groups -OCH3 is 1. The predicted octanol–water partition coefficient (Wildman–Crippen LogP) is 2.74. The van der Waals surface area contributed by atoms with Gasteiger partial charge < -0.3 is 19.5 Å². The van der Waals surface area contributed by atoms with Gasteiger partial charge in [0.25, 0.3) is 0 Å². The second kappa shape index (κ2) is 12.5. The first-order valence-electron chi connectivity index (χ1n) is 10.3. The van der Waals surface area contributed by atoms with E-state index in [0.29, 0.717) is 21.9 Å². The van der Waals surface area contributed by atoms with Crippen LogP contribution in [-0.2, 0) is 23.8 Å². The van der Waals surface area contributed by atoms with Crippen molar-refractivity contribution in [3.8, 4) is 6.07 Å². The topological polar surface area (TPSA) is 144 Å². The van der Waals surface area contributed by atoms with Crippen molar-refractivity contribution < 1.29 is 33.4 Å². The summed E-state index contributed by atoms with van der Waals surface area (Å²) >= 11 is 1.00. The van der Waals surface area contributed by atoms with Gasteiger partial charge in [-0.05, 0) is 38.5 Å². The Kier molecular flexibility index (Phi) is 9.70. The Labute approximate surface area is 201 Å². The number of hydrogen-bond donors (Lipinski definition) is 2. The average molecular weight is 488 g/mol. The summed E-state index contributed by atoms with van der Waals surface area (Å²) in [6, 6.07) is 8.45. The molecular formula is C23H25N3O7S. The van der Waals surface area contributed by atoms with E-state index < -0.39 is 29.9 Å². The molecule has 2 rings (SSSR count). The third-order valence-corrected chi connectivity index (χ3v) is 5.69. The quantitative estimate of drug-likeness (QED) is 0.415. The molecule has 1 heterocycles. The minimum Gasteiger partial charge on any atom is -0.465 e. The van der Waals surface area contributed by atoms with Crippen molar-refractivity contribution in [1.82, 2.24) is 10.6 Å². The smallest absolute Gasteiger partial charge is 0.413 e. The number of carbonyl (C=O) groups is 4. The van der Waals surface area contributed by atoms with Gasteiger partial charge in [-0.3, -0.25) is 10.1 Å². The van der Waals surface area contributed by atoms with E-state index in [4.69, 9.17) is 9.47 Å². The Morgan fingerprint density at radius 1 is 1.09 bits per heavy atom. The van der Waals surface area contributed by atoms with Gasteiger partial charge in [0.05, 0.1) is 59.8 Å². The third-order valence-electron chi connectivity index (χ3n) is 4.67. The van der Waals surface area contributed by atoms with Gasteiger partial charge in [-0.2, -0.15) is 5.26 Å². The molecule has 2 N–H and O–H groups in total. The summed E-state index contributed by atoms with van der Waals surface area (Å²) in [5.74, 6) is -2.69. The van der Waals surface area contributed by atoms with Crippen molar-refractivity contribution in [2.75, 3.05) is 26.1 Å². The molecule has 11 heteroatoms. The number of thioether (sulfide) groups is 1. The summed E-state index contributed by atoms with van der Waals surface area (Å²) < 4.78 is 14.6. The number of nitrogens with zero attached hydrogens (tertiary/aromatic N) is 1. The van der Waals surface area contributed by atoms with Crippen molar-refractivity contribution in [3.63, 3.8) is 0 Å². The third kappa shape index (κ3) is 6.39. The molecule has 0 radical (unpaired) electrons. The molecule has 2 amide bonds. The van der Waals surface area contributed by atoms with Crippen molar-refractivity contribution in [3.05, 3.63) is 57.3 Å². The van der Waals surface area contributed by atoms with E-state index in [1.165, 1.54) is 19.2 Å². The summed E-state index contributed by atoms with van der Waals surface area (Å²) in [6.07, 6.45) is -0.858. The zero-order valence-corrected chi connectivity index (χ0v) is 20.0. The molecule has 1 unspecified atom stereocenters. The first-order valence-corrected chi connectivity index (χ1v) is 11.3. The molecule has 1 aliphatic rings. The number of carbonyl (C=O) groups excluding carboxylic acids is 4. The largest absolute Gasteiger partial charge is 0.465 e. The lowest BCUT2D eigenvalue weighted by Gasteiger charge is -2.29. The van der Waals surface area contributed by atoms with Gasteiger partial charge >= 0.3 is 18.0 Å². The number of amides is 2. The van der Waals surface area contributed by atoms with Crippen molar-refractivity contribution in [1.29, 1.82) is 5.26 Å². The zero-order valence-electron chi connectivity index (χ0n) is 19.2. The molecule has 1 atom stereocenters. The standard InChI is InChI=1S/C23H25N3O7S/c1-5-32-22(29)18-13(3)25-20(34-12-17(27)26-23(30)33-6-2)16(11-24)19(18)14-7-9-15(10-8-14)21(28)31-4/h7-10,19,25H,5-6,12H2,1-4H3,(H,26,27,30). The molecule has 0 saturated carbocycles. The Morgan fingerprint density at radius 2 is 1.74 bits per heavy atom. The number of rotatable bonds is 8. The summed E-state index contributed by atoms with van der Waals surface area (Å²) in [5.41, 5.74) is 1.76. The van der Waals surface area contributed by atoms with Crippen LogP contribution in [0, 0.1) is 11.3 Å². The second-order valence-corrected chi connectivity index (χ2v) is 7.83.